The van der Waals surface area contributed by atoms with Crippen molar-refractivity contribution < 1.29 is 9.47 Å². The minimum atomic E-state index is 0.277. The second-order valence-corrected chi connectivity index (χ2v) is 11.4. The summed E-state index contributed by atoms with van der Waals surface area (Å²) in [4.78, 5) is 17.5. The Morgan fingerprint density at radius 1 is 1.03 bits per heavy atom. The topological polar surface area (TPSA) is 63.6 Å². The maximum absolute atomic E-state index is 6.36. The lowest BCUT2D eigenvalue weighted by molar-refractivity contribution is 0.0494. The number of rotatable bonds is 6. The average molecular weight is 498 g/mol. The van der Waals surface area contributed by atoms with Gasteiger partial charge in [0, 0.05) is 37.8 Å². The number of para-hydroxylation sites is 1. The summed E-state index contributed by atoms with van der Waals surface area (Å²) < 4.78 is 11.9. The van der Waals surface area contributed by atoms with Crippen LogP contribution in [0.1, 0.15) is 56.4 Å². The van der Waals surface area contributed by atoms with E-state index in [9.17, 15) is 0 Å². The predicted molar refractivity (Wildman–Crippen MR) is 136 cm³/mol. The summed E-state index contributed by atoms with van der Waals surface area (Å²) in [5.41, 5.74) is 1.83. The normalized spacial score (nSPS) is 25.6. The van der Waals surface area contributed by atoms with Crippen LogP contribution in [0.4, 0.5) is 5.95 Å². The van der Waals surface area contributed by atoms with E-state index in [1.807, 2.05) is 0 Å². The van der Waals surface area contributed by atoms with Crippen LogP contribution in [0.2, 0.25) is 5.28 Å². The Kier molecular flexibility index (Phi) is 6.82. The van der Waals surface area contributed by atoms with Crippen LogP contribution in [-0.2, 0) is 4.74 Å². The molecule has 1 atom stereocenters. The van der Waals surface area contributed by atoms with E-state index in [1.54, 1.807) is 0 Å². The van der Waals surface area contributed by atoms with E-state index in [0.29, 0.717) is 23.3 Å². The first-order valence-corrected chi connectivity index (χ1v) is 13.7. The smallest absolute Gasteiger partial charge is 0.229 e. The van der Waals surface area contributed by atoms with Crippen molar-refractivity contribution in [1.82, 2.24) is 19.9 Å². The number of halogens is 1. The fourth-order valence-electron chi connectivity index (χ4n) is 6.75. The van der Waals surface area contributed by atoms with Crippen LogP contribution in [0.5, 0.6) is 5.75 Å². The zero-order chi connectivity index (χ0) is 23.7. The molecular weight excluding hydrogens is 462 g/mol. The summed E-state index contributed by atoms with van der Waals surface area (Å²) in [6.07, 6.45) is 10.1. The first kappa shape index (κ1) is 23.4. The second kappa shape index (κ2) is 10.2. The van der Waals surface area contributed by atoms with Crippen LogP contribution in [-0.4, -0.2) is 71.9 Å². The number of benzene rings is 1. The largest absolute Gasteiger partial charge is 0.493 e. The lowest BCUT2D eigenvalue weighted by atomic mass is 9.78. The number of piperidine rings is 1. The van der Waals surface area contributed by atoms with E-state index in [0.717, 1.165) is 57.4 Å². The van der Waals surface area contributed by atoms with Gasteiger partial charge in [0.25, 0.3) is 0 Å². The third kappa shape index (κ3) is 5.13. The third-order valence-electron chi connectivity index (χ3n) is 8.76. The number of nitrogens with zero attached hydrogens (tertiary/aromatic N) is 5. The van der Waals surface area contributed by atoms with Gasteiger partial charge in [-0.3, -0.25) is 0 Å². The summed E-state index contributed by atoms with van der Waals surface area (Å²) in [5.74, 6) is 3.04. The van der Waals surface area contributed by atoms with E-state index >= 15 is 0 Å². The highest BCUT2D eigenvalue weighted by Gasteiger charge is 2.50. The molecule has 0 radical (unpaired) electrons. The number of anilines is 1. The van der Waals surface area contributed by atoms with Gasteiger partial charge in [-0.15, -0.1) is 0 Å². The summed E-state index contributed by atoms with van der Waals surface area (Å²) in [6.45, 7) is 7.02. The molecule has 188 valence electrons. The summed E-state index contributed by atoms with van der Waals surface area (Å²) >= 11 is 5.96. The number of aromatic nitrogens is 3. The van der Waals surface area contributed by atoms with Gasteiger partial charge in [0.1, 0.15) is 12.1 Å². The van der Waals surface area contributed by atoms with Crippen LogP contribution in [0, 0.1) is 11.3 Å². The SMILES string of the molecule is Clc1ncnc(N2CC3(CC[C@@H](N4CCC(c5ccccc5OCC5CCOCC5)CC4)C3)C2)n1. The van der Waals surface area contributed by atoms with Gasteiger partial charge in [-0.05, 0) is 93.1 Å². The fraction of sp³-hybridized carbons (Fsp3) is 0.667. The maximum Gasteiger partial charge on any atom is 0.229 e. The van der Waals surface area contributed by atoms with Crippen LogP contribution in [0.25, 0.3) is 0 Å². The fourth-order valence-corrected chi connectivity index (χ4v) is 6.87. The Hall–Kier alpha value is -1.96. The lowest BCUT2D eigenvalue weighted by Crippen LogP contribution is -2.56. The molecule has 1 saturated carbocycles. The Bertz CT molecular complexity index is 1000. The molecule has 8 heteroatoms. The minimum absolute atomic E-state index is 0.277. The zero-order valence-corrected chi connectivity index (χ0v) is 21.2. The van der Waals surface area contributed by atoms with Gasteiger partial charge in [-0.2, -0.15) is 4.98 Å². The van der Waals surface area contributed by atoms with Crippen molar-refractivity contribution in [2.45, 2.75) is 56.9 Å². The Morgan fingerprint density at radius 3 is 2.63 bits per heavy atom. The van der Waals surface area contributed by atoms with Gasteiger partial charge in [-0.25, -0.2) is 9.97 Å². The van der Waals surface area contributed by atoms with Crippen LogP contribution in [0.15, 0.2) is 30.6 Å². The molecule has 6 rings (SSSR count). The van der Waals surface area contributed by atoms with E-state index in [-0.39, 0.29) is 5.28 Å². The molecule has 4 aliphatic rings. The molecule has 4 heterocycles. The lowest BCUT2D eigenvalue weighted by Gasteiger charge is -2.49. The molecule has 35 heavy (non-hydrogen) atoms. The van der Waals surface area contributed by atoms with Gasteiger partial charge in [0.15, 0.2) is 0 Å². The molecule has 0 N–H and O–H groups in total. The molecule has 0 amide bonds. The van der Waals surface area contributed by atoms with Gasteiger partial charge >= 0.3 is 0 Å². The Labute approximate surface area is 213 Å². The van der Waals surface area contributed by atoms with Crippen LogP contribution in [0.3, 0.4) is 0 Å². The summed E-state index contributed by atoms with van der Waals surface area (Å²) in [6, 6.07) is 9.46. The zero-order valence-electron chi connectivity index (χ0n) is 20.4. The third-order valence-corrected chi connectivity index (χ3v) is 8.94. The van der Waals surface area contributed by atoms with Crippen molar-refractivity contribution >= 4 is 17.5 Å². The minimum Gasteiger partial charge on any atom is -0.493 e. The molecule has 3 aliphatic heterocycles. The van der Waals surface area contributed by atoms with E-state index in [2.05, 4.69) is 49.0 Å². The molecule has 3 saturated heterocycles. The van der Waals surface area contributed by atoms with Crippen LogP contribution >= 0.6 is 11.6 Å². The summed E-state index contributed by atoms with van der Waals surface area (Å²) in [5, 5.41) is 0.277. The molecule has 1 spiro atoms. The van der Waals surface area contributed by atoms with Gasteiger partial charge in [0.05, 0.1) is 6.61 Å². The first-order valence-electron chi connectivity index (χ1n) is 13.3. The average Bonchev–Trinajstić information content (AvgIpc) is 3.34. The van der Waals surface area contributed by atoms with Crippen LogP contribution < -0.4 is 9.64 Å². The molecule has 7 nitrogen and oxygen atoms in total. The monoisotopic (exact) mass is 497 g/mol. The Morgan fingerprint density at radius 2 is 1.83 bits per heavy atom. The van der Waals surface area contributed by atoms with Crippen molar-refractivity contribution in [1.29, 1.82) is 0 Å². The van der Waals surface area contributed by atoms with Crippen molar-refractivity contribution in [2.75, 3.05) is 50.9 Å². The van der Waals surface area contributed by atoms with Crippen molar-refractivity contribution in [2.24, 2.45) is 11.3 Å². The first-order chi connectivity index (χ1) is 17.2. The molecule has 1 aromatic carbocycles. The van der Waals surface area contributed by atoms with E-state index in [1.165, 1.54) is 57.1 Å². The van der Waals surface area contributed by atoms with Crippen molar-refractivity contribution in [3.05, 3.63) is 41.4 Å². The number of ether oxygens (including phenoxy) is 2. The number of likely N-dealkylation sites (tertiary alicyclic amines) is 1. The van der Waals surface area contributed by atoms with Crippen molar-refractivity contribution in [3.63, 3.8) is 0 Å². The molecular formula is C27H36ClN5O2. The highest BCUT2D eigenvalue weighted by atomic mass is 35.5. The maximum atomic E-state index is 6.36. The van der Waals surface area contributed by atoms with E-state index < -0.39 is 0 Å². The highest BCUT2D eigenvalue weighted by molar-refractivity contribution is 6.28. The number of hydrogen-bond donors (Lipinski definition) is 0. The molecule has 0 unspecified atom stereocenters. The molecule has 2 aromatic rings. The molecule has 1 aliphatic carbocycles. The standard InChI is InChI=1S/C27H36ClN5O2/c28-25-29-19-30-26(31-25)33-17-27(18-33)10-5-22(15-27)32-11-6-21(7-12-32)23-3-1-2-4-24(23)35-16-20-8-13-34-14-9-20/h1-4,19-22H,5-18H2/t22-/m1/s1. The molecule has 1 aromatic heterocycles. The quantitative estimate of drug-likeness (QED) is 0.579. The van der Waals surface area contributed by atoms with Gasteiger partial charge in [-0.1, -0.05) is 18.2 Å². The number of hydrogen-bond acceptors (Lipinski definition) is 7. The van der Waals surface area contributed by atoms with Gasteiger partial charge < -0.3 is 19.3 Å². The Balaban J connectivity index is 1.00. The molecule has 4 fully saturated rings. The second-order valence-electron chi connectivity index (χ2n) is 11.0. The van der Waals surface area contributed by atoms with Crippen molar-refractivity contribution in [3.8, 4) is 5.75 Å². The summed E-state index contributed by atoms with van der Waals surface area (Å²) in [7, 11) is 0. The highest BCUT2D eigenvalue weighted by Crippen LogP contribution is 2.48. The predicted octanol–water partition coefficient (Wildman–Crippen LogP) is 4.57. The van der Waals surface area contributed by atoms with E-state index in [4.69, 9.17) is 21.1 Å². The molecule has 0 bridgehead atoms. The van der Waals surface area contributed by atoms with Gasteiger partial charge in [0.2, 0.25) is 11.2 Å².